The van der Waals surface area contributed by atoms with E-state index in [1.807, 2.05) is 19.1 Å². The van der Waals surface area contributed by atoms with Gasteiger partial charge in [0.2, 0.25) is 0 Å². The van der Waals surface area contributed by atoms with E-state index in [9.17, 15) is 4.39 Å². The lowest BCUT2D eigenvalue weighted by molar-refractivity contribution is 0.242. The van der Waals surface area contributed by atoms with Gasteiger partial charge in [0.1, 0.15) is 5.82 Å². The molecule has 2 heterocycles. The van der Waals surface area contributed by atoms with Crippen molar-refractivity contribution in [1.82, 2.24) is 9.47 Å². The Bertz CT molecular complexity index is 1010. The highest BCUT2D eigenvalue weighted by molar-refractivity contribution is 5.90. The maximum absolute atomic E-state index is 14.3. The lowest BCUT2D eigenvalue weighted by Gasteiger charge is -2.31. The molecule has 0 N–H and O–H groups in total. The quantitative estimate of drug-likeness (QED) is 0.580. The normalized spacial score (nSPS) is 18.3. The predicted molar refractivity (Wildman–Crippen MR) is 108 cm³/mol. The molecule has 1 aliphatic heterocycles. The molecule has 26 heavy (non-hydrogen) atoms. The molecule has 0 saturated carbocycles. The topological polar surface area (TPSA) is 8.17 Å². The molecule has 1 atom stereocenters. The van der Waals surface area contributed by atoms with Crippen molar-refractivity contribution in [2.24, 2.45) is 0 Å². The van der Waals surface area contributed by atoms with E-state index in [1.54, 1.807) is 6.07 Å². The van der Waals surface area contributed by atoms with Crippen LogP contribution in [0.3, 0.4) is 0 Å². The molecule has 0 aliphatic carbocycles. The fourth-order valence-electron chi connectivity index (χ4n) is 4.10. The van der Waals surface area contributed by atoms with Crippen molar-refractivity contribution in [2.75, 3.05) is 13.6 Å². The van der Waals surface area contributed by atoms with E-state index in [0.717, 1.165) is 18.5 Å². The van der Waals surface area contributed by atoms with Gasteiger partial charge >= 0.3 is 0 Å². The molecule has 0 saturated heterocycles. The van der Waals surface area contributed by atoms with E-state index in [1.165, 1.54) is 33.8 Å². The van der Waals surface area contributed by atoms with Crippen molar-refractivity contribution >= 4 is 22.7 Å². The van der Waals surface area contributed by atoms with Gasteiger partial charge in [0, 0.05) is 35.4 Å². The summed E-state index contributed by atoms with van der Waals surface area (Å²) in [6.07, 6.45) is 3.15. The minimum atomic E-state index is -0.174. The second-order valence-corrected chi connectivity index (χ2v) is 7.45. The van der Waals surface area contributed by atoms with E-state index in [4.69, 9.17) is 0 Å². The van der Waals surface area contributed by atoms with Crippen molar-refractivity contribution in [3.8, 4) is 0 Å². The first kappa shape index (κ1) is 17.0. The zero-order chi connectivity index (χ0) is 18.4. The van der Waals surface area contributed by atoms with Crippen LogP contribution >= 0.6 is 0 Å². The average molecular weight is 348 g/mol. The van der Waals surface area contributed by atoms with E-state index >= 15 is 0 Å². The van der Waals surface area contributed by atoms with Crippen molar-refractivity contribution < 1.29 is 4.39 Å². The first-order valence-electron chi connectivity index (χ1n) is 9.24. The number of fused-ring (bicyclic) bond motifs is 3. The Morgan fingerprint density at radius 2 is 1.96 bits per heavy atom. The third-order valence-electron chi connectivity index (χ3n) is 5.70. The number of nitrogens with zero attached hydrogens (tertiary/aromatic N) is 2. The Morgan fingerprint density at radius 1 is 1.19 bits per heavy atom. The van der Waals surface area contributed by atoms with Crippen LogP contribution in [0.2, 0.25) is 0 Å². The predicted octanol–water partition coefficient (Wildman–Crippen LogP) is 5.66. The molecule has 134 valence electrons. The van der Waals surface area contributed by atoms with Crippen LogP contribution in [0, 0.1) is 12.7 Å². The molecule has 2 aromatic carbocycles. The molecule has 0 spiro atoms. The van der Waals surface area contributed by atoms with Crippen LogP contribution in [0.25, 0.3) is 22.7 Å². The second kappa shape index (κ2) is 6.40. The Kier molecular flexibility index (Phi) is 4.20. The van der Waals surface area contributed by atoms with Gasteiger partial charge in [-0.15, -0.1) is 0 Å². The summed E-state index contributed by atoms with van der Waals surface area (Å²) >= 11 is 0. The van der Waals surface area contributed by atoms with Crippen LogP contribution in [0.5, 0.6) is 0 Å². The number of hydrogen-bond acceptors (Lipinski definition) is 1. The summed E-state index contributed by atoms with van der Waals surface area (Å²) in [5.74, 6) is -0.174. The molecule has 2 nitrogen and oxygen atoms in total. The SMILES string of the molecule is CC(=Cn1c2c(c3cc(C)ccc31)CCN(C)C2C)c1ccccc1F. The summed E-state index contributed by atoms with van der Waals surface area (Å²) in [4.78, 5) is 2.39. The fraction of sp³-hybridized carbons (Fsp3) is 0.304. The van der Waals surface area contributed by atoms with E-state index in [2.05, 4.69) is 54.8 Å². The third-order valence-corrected chi connectivity index (χ3v) is 5.70. The lowest BCUT2D eigenvalue weighted by atomic mass is 9.98. The van der Waals surface area contributed by atoms with Crippen molar-refractivity contribution in [2.45, 2.75) is 33.2 Å². The lowest BCUT2D eigenvalue weighted by Crippen LogP contribution is -2.31. The Labute approximate surface area is 154 Å². The van der Waals surface area contributed by atoms with Gasteiger partial charge in [-0.25, -0.2) is 4.39 Å². The number of allylic oxidation sites excluding steroid dienone is 1. The Morgan fingerprint density at radius 3 is 2.73 bits per heavy atom. The summed E-state index contributed by atoms with van der Waals surface area (Å²) in [6, 6.07) is 14.0. The van der Waals surface area contributed by atoms with E-state index in [0.29, 0.717) is 11.6 Å². The number of benzene rings is 2. The van der Waals surface area contributed by atoms with Crippen LogP contribution < -0.4 is 0 Å². The molecule has 0 amide bonds. The Hall–Kier alpha value is -2.39. The van der Waals surface area contributed by atoms with Crippen molar-refractivity contribution in [1.29, 1.82) is 0 Å². The van der Waals surface area contributed by atoms with Gasteiger partial charge in [-0.3, -0.25) is 4.90 Å². The van der Waals surface area contributed by atoms with Gasteiger partial charge in [0.25, 0.3) is 0 Å². The first-order chi connectivity index (χ1) is 12.5. The maximum Gasteiger partial charge on any atom is 0.130 e. The summed E-state index contributed by atoms with van der Waals surface area (Å²) < 4.78 is 16.5. The third kappa shape index (κ3) is 2.67. The highest BCUT2D eigenvalue weighted by Gasteiger charge is 2.27. The number of halogens is 1. The molecule has 3 heteroatoms. The first-order valence-corrected chi connectivity index (χ1v) is 9.24. The minimum Gasteiger partial charge on any atom is -0.318 e. The van der Waals surface area contributed by atoms with Crippen LogP contribution in [0.15, 0.2) is 42.5 Å². The molecular formula is C23H25FN2. The summed E-state index contributed by atoms with van der Waals surface area (Å²) in [5, 5.41) is 1.33. The van der Waals surface area contributed by atoms with Gasteiger partial charge in [0.15, 0.2) is 0 Å². The highest BCUT2D eigenvalue weighted by atomic mass is 19.1. The van der Waals surface area contributed by atoms with E-state index in [-0.39, 0.29) is 5.82 Å². The van der Waals surface area contributed by atoms with Crippen LogP contribution in [-0.2, 0) is 6.42 Å². The fourth-order valence-corrected chi connectivity index (χ4v) is 4.10. The van der Waals surface area contributed by atoms with Gasteiger partial charge in [-0.05, 0) is 63.6 Å². The van der Waals surface area contributed by atoms with E-state index < -0.39 is 0 Å². The largest absolute Gasteiger partial charge is 0.318 e. The molecule has 4 rings (SSSR count). The number of likely N-dealkylation sites (N-methyl/N-ethyl adjacent to an activating group) is 1. The number of aromatic nitrogens is 1. The summed E-state index contributed by atoms with van der Waals surface area (Å²) in [6.45, 7) is 7.45. The zero-order valence-electron chi connectivity index (χ0n) is 15.9. The maximum atomic E-state index is 14.3. The molecular weight excluding hydrogens is 323 g/mol. The van der Waals surface area contributed by atoms with Crippen molar-refractivity contribution in [3.05, 3.63) is 70.7 Å². The Balaban J connectivity index is 1.98. The molecule has 1 aromatic heterocycles. The second-order valence-electron chi connectivity index (χ2n) is 7.45. The number of rotatable bonds is 2. The van der Waals surface area contributed by atoms with Crippen molar-refractivity contribution in [3.63, 3.8) is 0 Å². The van der Waals surface area contributed by atoms with Crippen LogP contribution in [-0.4, -0.2) is 23.1 Å². The monoisotopic (exact) mass is 348 g/mol. The van der Waals surface area contributed by atoms with Gasteiger partial charge in [-0.1, -0.05) is 29.8 Å². The van der Waals surface area contributed by atoms with Crippen LogP contribution in [0.4, 0.5) is 4.39 Å². The molecule has 0 bridgehead atoms. The summed E-state index contributed by atoms with van der Waals surface area (Å²) in [7, 11) is 2.17. The average Bonchev–Trinajstić information content (AvgIpc) is 2.92. The minimum absolute atomic E-state index is 0.174. The molecule has 3 aromatic rings. The number of aryl methyl sites for hydroxylation is 1. The molecule has 1 aliphatic rings. The molecule has 0 radical (unpaired) electrons. The molecule has 1 unspecified atom stereocenters. The van der Waals surface area contributed by atoms with Gasteiger partial charge in [-0.2, -0.15) is 0 Å². The smallest absolute Gasteiger partial charge is 0.130 e. The molecule has 0 fully saturated rings. The van der Waals surface area contributed by atoms with Crippen LogP contribution in [0.1, 0.15) is 42.3 Å². The van der Waals surface area contributed by atoms with Gasteiger partial charge < -0.3 is 4.57 Å². The standard InChI is InChI=1S/C23H25FN2/c1-15-9-10-22-20(13-15)19-11-12-25(4)17(3)23(19)26(22)14-16(2)18-7-5-6-8-21(18)24/h5-10,13-14,17H,11-12H2,1-4H3. The number of hydrogen-bond donors (Lipinski definition) is 0. The van der Waals surface area contributed by atoms with Gasteiger partial charge in [0.05, 0.1) is 5.52 Å². The highest BCUT2D eigenvalue weighted by Crippen LogP contribution is 2.37. The summed E-state index contributed by atoms with van der Waals surface area (Å²) in [5.41, 5.74) is 6.84. The zero-order valence-corrected chi connectivity index (χ0v) is 15.9.